The van der Waals surface area contributed by atoms with Crippen molar-refractivity contribution in [3.8, 4) is 11.5 Å². The van der Waals surface area contributed by atoms with E-state index in [9.17, 15) is 10.2 Å². The smallest absolute Gasteiger partial charge is 0.181 e. The van der Waals surface area contributed by atoms with Crippen molar-refractivity contribution < 1.29 is 19.3 Å². The number of ether oxygens (including phenoxy) is 1. The van der Waals surface area contributed by atoms with Crippen molar-refractivity contribution >= 4 is 24.9 Å². The van der Waals surface area contributed by atoms with Crippen LogP contribution in [0.2, 0.25) is 19.6 Å². The maximum Gasteiger partial charge on any atom is 0.181 e. The highest BCUT2D eigenvalue weighted by molar-refractivity contribution is 6.83. The Kier molecular flexibility index (Phi) is 4.56. The molecule has 1 aliphatic rings. The Morgan fingerprint density at radius 1 is 1.42 bits per heavy atom. The van der Waals surface area contributed by atoms with Crippen molar-refractivity contribution in [2.45, 2.75) is 50.7 Å². The fourth-order valence-corrected chi connectivity index (χ4v) is 3.51. The van der Waals surface area contributed by atoms with Crippen LogP contribution in [0.4, 0.5) is 10.2 Å². The first kappa shape index (κ1) is 18.8. The molecule has 0 radical (unpaired) electrons. The molecular formula is C17H23FN4O3Si. The van der Waals surface area contributed by atoms with Crippen molar-refractivity contribution in [2.75, 3.05) is 12.3 Å². The molecule has 26 heavy (non-hydrogen) atoms. The molecule has 1 fully saturated rings. The van der Waals surface area contributed by atoms with Crippen LogP contribution in [0.15, 0.2) is 12.5 Å². The quantitative estimate of drug-likeness (QED) is 0.536. The summed E-state index contributed by atoms with van der Waals surface area (Å²) >= 11 is 0. The number of anilines is 1. The van der Waals surface area contributed by atoms with Crippen LogP contribution in [0.3, 0.4) is 0 Å². The summed E-state index contributed by atoms with van der Waals surface area (Å²) in [4.78, 5) is 8.23. The van der Waals surface area contributed by atoms with Crippen molar-refractivity contribution in [3.63, 3.8) is 0 Å². The molecule has 0 bridgehead atoms. The highest BCUT2D eigenvalue weighted by atomic mass is 28.3. The second kappa shape index (κ2) is 6.31. The average Bonchev–Trinajstić information content (AvgIpc) is 3.02. The number of halogens is 1. The van der Waals surface area contributed by atoms with E-state index in [-0.39, 0.29) is 5.82 Å². The van der Waals surface area contributed by atoms with Gasteiger partial charge in [0.2, 0.25) is 0 Å². The first-order valence-corrected chi connectivity index (χ1v) is 11.8. The first-order chi connectivity index (χ1) is 12.1. The average molecular weight is 378 g/mol. The van der Waals surface area contributed by atoms with E-state index in [0.29, 0.717) is 16.6 Å². The maximum atomic E-state index is 15.2. The Labute approximate surface area is 152 Å². The first-order valence-electron chi connectivity index (χ1n) is 8.33. The minimum Gasteiger partial charge on any atom is -0.394 e. The van der Waals surface area contributed by atoms with E-state index in [0.717, 1.165) is 0 Å². The molecule has 1 unspecified atom stereocenters. The predicted octanol–water partition coefficient (Wildman–Crippen LogP) is 1.22. The molecule has 4 atom stereocenters. The molecule has 2 aromatic rings. The molecule has 0 amide bonds. The van der Waals surface area contributed by atoms with Gasteiger partial charge in [-0.1, -0.05) is 25.6 Å². The standard InChI is InChI=1S/C17H23FN4O3Si/c1-17(18)13(24)11(8-23)25-16(17)22-7-10(5-6-26(2,3)4)12-14(19)20-9-21-15(12)22/h7,9,11,13,16,23-24H,8H2,1-4H3,(H2,19,20,21)/t11-,13-,16-,17?/m1/s1. The van der Waals surface area contributed by atoms with Gasteiger partial charge in [0.05, 0.1) is 17.6 Å². The van der Waals surface area contributed by atoms with Gasteiger partial charge in [-0.05, 0) is 6.92 Å². The fraction of sp³-hybridized carbons (Fsp3) is 0.529. The van der Waals surface area contributed by atoms with E-state index in [2.05, 4.69) is 41.1 Å². The van der Waals surface area contributed by atoms with Crippen LogP contribution < -0.4 is 5.73 Å². The number of nitrogens with zero attached hydrogens (tertiary/aromatic N) is 3. The largest absolute Gasteiger partial charge is 0.394 e. The molecule has 0 spiro atoms. The van der Waals surface area contributed by atoms with E-state index in [1.165, 1.54) is 17.8 Å². The zero-order valence-corrected chi connectivity index (χ0v) is 16.2. The van der Waals surface area contributed by atoms with E-state index < -0.39 is 38.8 Å². The van der Waals surface area contributed by atoms with Gasteiger partial charge >= 0.3 is 0 Å². The van der Waals surface area contributed by atoms with Crippen LogP contribution in [-0.2, 0) is 4.74 Å². The molecule has 4 N–H and O–H groups in total. The summed E-state index contributed by atoms with van der Waals surface area (Å²) < 4.78 is 22.2. The third-order valence-corrected chi connectivity index (χ3v) is 5.24. The third-order valence-electron chi connectivity index (χ3n) is 4.36. The Morgan fingerprint density at radius 2 is 2.12 bits per heavy atom. The minimum absolute atomic E-state index is 0.242. The van der Waals surface area contributed by atoms with Crippen LogP contribution in [0.1, 0.15) is 18.7 Å². The number of aromatic nitrogens is 3. The second-order valence-corrected chi connectivity index (χ2v) is 12.5. The third kappa shape index (κ3) is 3.10. The molecule has 3 rings (SSSR count). The summed E-state index contributed by atoms with van der Waals surface area (Å²) in [5.74, 6) is 3.36. The molecule has 140 valence electrons. The van der Waals surface area contributed by atoms with Gasteiger partial charge in [0, 0.05) is 6.20 Å². The number of aliphatic hydroxyl groups excluding tert-OH is 2. The van der Waals surface area contributed by atoms with E-state index in [4.69, 9.17) is 10.5 Å². The van der Waals surface area contributed by atoms with E-state index >= 15 is 4.39 Å². The van der Waals surface area contributed by atoms with Gasteiger partial charge in [0.1, 0.15) is 38.1 Å². The zero-order chi connectivity index (χ0) is 19.3. The van der Waals surface area contributed by atoms with Crippen molar-refractivity contribution in [3.05, 3.63) is 18.1 Å². The van der Waals surface area contributed by atoms with Gasteiger partial charge in [-0.3, -0.25) is 0 Å². The normalized spacial score (nSPS) is 29.0. The maximum absolute atomic E-state index is 15.2. The lowest BCUT2D eigenvalue weighted by atomic mass is 9.98. The Bertz CT molecular complexity index is 897. The van der Waals surface area contributed by atoms with E-state index in [1.54, 1.807) is 6.20 Å². The summed E-state index contributed by atoms with van der Waals surface area (Å²) in [7, 11) is -1.65. The Morgan fingerprint density at radius 3 is 2.69 bits per heavy atom. The Balaban J connectivity index is 2.19. The van der Waals surface area contributed by atoms with Crippen molar-refractivity contribution in [2.24, 2.45) is 0 Å². The molecule has 0 aliphatic carbocycles. The number of fused-ring (bicyclic) bond motifs is 1. The highest BCUT2D eigenvalue weighted by Gasteiger charge is 2.55. The lowest BCUT2D eigenvalue weighted by molar-refractivity contribution is -0.0564. The van der Waals surface area contributed by atoms with Crippen LogP contribution in [0, 0.1) is 11.5 Å². The lowest BCUT2D eigenvalue weighted by Crippen LogP contribution is -2.40. The highest BCUT2D eigenvalue weighted by Crippen LogP contribution is 2.43. The number of hydrogen-bond acceptors (Lipinski definition) is 6. The minimum atomic E-state index is -2.12. The molecule has 2 aromatic heterocycles. The number of rotatable bonds is 2. The van der Waals surface area contributed by atoms with Gasteiger partial charge in [0.25, 0.3) is 0 Å². The topological polar surface area (TPSA) is 106 Å². The van der Waals surface area contributed by atoms with Gasteiger partial charge < -0.3 is 25.3 Å². The lowest BCUT2D eigenvalue weighted by Gasteiger charge is -2.25. The summed E-state index contributed by atoms with van der Waals surface area (Å²) in [6.45, 7) is 7.08. The van der Waals surface area contributed by atoms with Crippen LogP contribution in [0.5, 0.6) is 0 Å². The van der Waals surface area contributed by atoms with Crippen molar-refractivity contribution in [1.82, 2.24) is 14.5 Å². The molecule has 0 aromatic carbocycles. The molecule has 3 heterocycles. The number of nitrogens with two attached hydrogens (primary N) is 1. The second-order valence-electron chi connectivity index (χ2n) is 7.71. The molecular weight excluding hydrogens is 355 g/mol. The molecule has 1 saturated heterocycles. The predicted molar refractivity (Wildman–Crippen MR) is 98.7 cm³/mol. The summed E-state index contributed by atoms with van der Waals surface area (Å²) in [5, 5.41) is 20.0. The summed E-state index contributed by atoms with van der Waals surface area (Å²) in [6.07, 6.45) is -0.755. The Hall–Kier alpha value is -1.99. The monoisotopic (exact) mass is 378 g/mol. The summed E-state index contributed by atoms with van der Waals surface area (Å²) in [6, 6.07) is 0. The molecule has 9 heteroatoms. The fourth-order valence-electron chi connectivity index (χ4n) is 3.00. The molecule has 7 nitrogen and oxygen atoms in total. The van der Waals surface area contributed by atoms with Crippen LogP contribution in [-0.4, -0.2) is 57.3 Å². The van der Waals surface area contributed by atoms with E-state index in [1.807, 2.05) is 0 Å². The number of aliphatic hydroxyl groups is 2. The zero-order valence-electron chi connectivity index (χ0n) is 15.2. The van der Waals surface area contributed by atoms with Crippen LogP contribution in [0.25, 0.3) is 11.0 Å². The molecule has 1 aliphatic heterocycles. The van der Waals surface area contributed by atoms with Gasteiger partial charge in [0.15, 0.2) is 11.9 Å². The van der Waals surface area contributed by atoms with Gasteiger partial charge in [-0.2, -0.15) is 0 Å². The van der Waals surface area contributed by atoms with Crippen molar-refractivity contribution in [1.29, 1.82) is 0 Å². The van der Waals surface area contributed by atoms with Gasteiger partial charge in [-0.25, -0.2) is 14.4 Å². The SMILES string of the molecule is CC1(F)[C@H](O)[C@@H](CO)O[C@H]1n1cc(C#C[Si](C)(C)C)c2c(N)ncnc21. The summed E-state index contributed by atoms with van der Waals surface area (Å²) in [5.41, 5.74) is 8.10. The van der Waals surface area contributed by atoms with Gasteiger partial charge in [-0.15, -0.1) is 5.54 Å². The number of hydrogen-bond donors (Lipinski definition) is 3. The van der Waals surface area contributed by atoms with Crippen LogP contribution >= 0.6 is 0 Å². The number of alkyl halides is 1. The number of nitrogen functional groups attached to an aromatic ring is 1. The molecule has 0 saturated carbocycles.